The molecule has 0 radical (unpaired) electrons. The van der Waals surface area contributed by atoms with Gasteiger partial charge < -0.3 is 10.6 Å². The lowest BCUT2D eigenvalue weighted by Crippen LogP contribution is -2.43. The van der Waals surface area contributed by atoms with Crippen LogP contribution in [0.15, 0.2) is 48.5 Å². The maximum atomic E-state index is 12.8. The Labute approximate surface area is 166 Å². The third-order valence-corrected chi connectivity index (χ3v) is 4.93. The third-order valence-electron chi connectivity index (χ3n) is 4.37. The maximum Gasteiger partial charge on any atom is 0.325 e. The molecule has 140 valence electrons. The van der Waals surface area contributed by atoms with E-state index in [1.165, 1.54) is 0 Å². The van der Waals surface area contributed by atoms with Gasteiger partial charge in [-0.2, -0.15) is 0 Å². The second kappa shape index (κ2) is 7.58. The molecular formula is C19H17Cl2N3O3. The predicted molar refractivity (Wildman–Crippen MR) is 102 cm³/mol. The Bertz CT molecular complexity index is 919. The lowest BCUT2D eigenvalue weighted by molar-refractivity contribution is -0.134. The number of halogens is 2. The van der Waals surface area contributed by atoms with Gasteiger partial charge in [0.15, 0.2) is 0 Å². The normalized spacial score (nSPS) is 19.1. The SMILES string of the molecule is CC1(c2ccccc2Cl)NC(=O)N(CC(=O)NCc2cccc(Cl)c2)C1=O. The molecule has 2 N–H and O–H groups in total. The molecule has 2 aromatic rings. The average molecular weight is 406 g/mol. The van der Waals surface area contributed by atoms with Gasteiger partial charge in [0.2, 0.25) is 5.91 Å². The number of rotatable bonds is 5. The molecule has 0 bridgehead atoms. The highest BCUT2D eigenvalue weighted by molar-refractivity contribution is 6.32. The molecule has 0 saturated carbocycles. The number of benzene rings is 2. The van der Waals surface area contributed by atoms with Gasteiger partial charge in [-0.15, -0.1) is 0 Å². The van der Waals surface area contributed by atoms with Crippen molar-refractivity contribution in [3.05, 3.63) is 69.7 Å². The molecule has 0 spiro atoms. The second-order valence-electron chi connectivity index (χ2n) is 6.33. The number of imide groups is 1. The second-order valence-corrected chi connectivity index (χ2v) is 7.18. The topological polar surface area (TPSA) is 78.5 Å². The molecule has 0 aromatic heterocycles. The molecule has 1 atom stereocenters. The Hall–Kier alpha value is -2.57. The standard InChI is InChI=1S/C19H17Cl2N3O3/c1-19(14-7-2-3-8-15(14)21)17(26)24(18(27)23-19)11-16(25)22-10-12-5-4-6-13(20)9-12/h2-9H,10-11H2,1H3,(H,22,25)(H,23,27). The fourth-order valence-corrected chi connectivity index (χ4v) is 3.47. The molecule has 3 rings (SSSR count). The van der Waals surface area contributed by atoms with Gasteiger partial charge in [0.1, 0.15) is 12.1 Å². The predicted octanol–water partition coefficient (Wildman–Crippen LogP) is 3.08. The summed E-state index contributed by atoms with van der Waals surface area (Å²) in [4.78, 5) is 38.2. The molecule has 1 fully saturated rings. The molecule has 27 heavy (non-hydrogen) atoms. The largest absolute Gasteiger partial charge is 0.350 e. The van der Waals surface area contributed by atoms with E-state index in [4.69, 9.17) is 23.2 Å². The van der Waals surface area contributed by atoms with Crippen molar-refractivity contribution < 1.29 is 14.4 Å². The molecule has 1 unspecified atom stereocenters. The van der Waals surface area contributed by atoms with Crippen LogP contribution in [-0.2, 0) is 21.7 Å². The van der Waals surface area contributed by atoms with Crippen LogP contribution < -0.4 is 10.6 Å². The van der Waals surface area contributed by atoms with Gasteiger partial charge in [-0.3, -0.25) is 14.5 Å². The van der Waals surface area contributed by atoms with Gasteiger partial charge in [-0.25, -0.2) is 4.79 Å². The van der Waals surface area contributed by atoms with Crippen LogP contribution in [0, 0.1) is 0 Å². The molecule has 1 aliphatic rings. The summed E-state index contributed by atoms with van der Waals surface area (Å²) < 4.78 is 0. The highest BCUT2D eigenvalue weighted by Crippen LogP contribution is 2.33. The molecule has 4 amide bonds. The van der Waals surface area contributed by atoms with E-state index in [0.29, 0.717) is 15.6 Å². The molecule has 0 aliphatic carbocycles. The van der Waals surface area contributed by atoms with Crippen molar-refractivity contribution >= 4 is 41.0 Å². The minimum Gasteiger partial charge on any atom is -0.350 e. The van der Waals surface area contributed by atoms with Crippen LogP contribution in [0.2, 0.25) is 10.0 Å². The lowest BCUT2D eigenvalue weighted by atomic mass is 9.92. The molecule has 1 heterocycles. The zero-order valence-corrected chi connectivity index (χ0v) is 16.0. The highest BCUT2D eigenvalue weighted by Gasteiger charge is 2.50. The van der Waals surface area contributed by atoms with E-state index in [9.17, 15) is 14.4 Å². The number of nitrogens with one attached hydrogen (secondary N) is 2. The highest BCUT2D eigenvalue weighted by atomic mass is 35.5. The van der Waals surface area contributed by atoms with Crippen molar-refractivity contribution in [2.45, 2.75) is 19.0 Å². The zero-order valence-electron chi connectivity index (χ0n) is 14.5. The van der Waals surface area contributed by atoms with Gasteiger partial charge in [0.25, 0.3) is 5.91 Å². The van der Waals surface area contributed by atoms with Gasteiger partial charge in [-0.05, 0) is 30.7 Å². The zero-order chi connectivity index (χ0) is 19.6. The van der Waals surface area contributed by atoms with Crippen LogP contribution in [0.4, 0.5) is 4.79 Å². The minimum absolute atomic E-state index is 0.241. The van der Waals surface area contributed by atoms with Crippen LogP contribution >= 0.6 is 23.2 Å². The number of urea groups is 1. The third kappa shape index (κ3) is 3.91. The Balaban J connectivity index is 1.68. The fourth-order valence-electron chi connectivity index (χ4n) is 2.94. The molecule has 1 aliphatic heterocycles. The van der Waals surface area contributed by atoms with E-state index in [0.717, 1.165) is 10.5 Å². The first kappa shape index (κ1) is 19.2. The van der Waals surface area contributed by atoms with Crippen LogP contribution in [0.3, 0.4) is 0 Å². The van der Waals surface area contributed by atoms with Crippen LogP contribution in [0.5, 0.6) is 0 Å². The monoisotopic (exact) mass is 405 g/mol. The van der Waals surface area contributed by atoms with Crippen molar-refractivity contribution in [1.29, 1.82) is 0 Å². The number of nitrogens with zero attached hydrogens (tertiary/aromatic N) is 1. The molecule has 6 nitrogen and oxygen atoms in total. The number of hydrogen-bond acceptors (Lipinski definition) is 3. The smallest absolute Gasteiger partial charge is 0.325 e. The summed E-state index contributed by atoms with van der Waals surface area (Å²) in [5, 5.41) is 6.23. The van der Waals surface area contributed by atoms with E-state index in [-0.39, 0.29) is 13.1 Å². The van der Waals surface area contributed by atoms with Crippen LogP contribution in [0.25, 0.3) is 0 Å². The quantitative estimate of drug-likeness (QED) is 0.750. The Morgan fingerprint density at radius 3 is 2.59 bits per heavy atom. The fraction of sp³-hybridized carbons (Fsp3) is 0.211. The van der Waals surface area contributed by atoms with E-state index in [1.54, 1.807) is 49.4 Å². The Morgan fingerprint density at radius 1 is 1.15 bits per heavy atom. The van der Waals surface area contributed by atoms with Crippen LogP contribution in [0.1, 0.15) is 18.1 Å². The lowest BCUT2D eigenvalue weighted by Gasteiger charge is -2.23. The molecule has 8 heteroatoms. The van der Waals surface area contributed by atoms with E-state index in [2.05, 4.69) is 10.6 Å². The first-order chi connectivity index (χ1) is 12.8. The number of amides is 4. The summed E-state index contributed by atoms with van der Waals surface area (Å²) in [6, 6.07) is 13.2. The van der Waals surface area contributed by atoms with Crippen molar-refractivity contribution in [3.63, 3.8) is 0 Å². The first-order valence-electron chi connectivity index (χ1n) is 8.21. The summed E-state index contributed by atoms with van der Waals surface area (Å²) in [6.45, 7) is 1.43. The van der Waals surface area contributed by atoms with E-state index in [1.807, 2.05) is 6.07 Å². The minimum atomic E-state index is -1.32. The maximum absolute atomic E-state index is 12.8. The number of hydrogen-bond donors (Lipinski definition) is 2. The summed E-state index contributed by atoms with van der Waals surface area (Å²) in [5.74, 6) is -0.986. The van der Waals surface area contributed by atoms with E-state index >= 15 is 0 Å². The van der Waals surface area contributed by atoms with Crippen molar-refractivity contribution in [3.8, 4) is 0 Å². The first-order valence-corrected chi connectivity index (χ1v) is 8.97. The van der Waals surface area contributed by atoms with E-state index < -0.39 is 23.4 Å². The Morgan fingerprint density at radius 2 is 1.89 bits per heavy atom. The molecular weight excluding hydrogens is 389 g/mol. The summed E-state index contributed by atoms with van der Waals surface area (Å²) >= 11 is 12.1. The van der Waals surface area contributed by atoms with Crippen molar-refractivity contribution in [2.24, 2.45) is 0 Å². The Kier molecular flexibility index (Phi) is 5.39. The average Bonchev–Trinajstić information content (AvgIpc) is 2.84. The van der Waals surface area contributed by atoms with Gasteiger partial charge >= 0.3 is 6.03 Å². The summed E-state index contributed by atoms with van der Waals surface area (Å²) in [7, 11) is 0. The summed E-state index contributed by atoms with van der Waals surface area (Å²) in [5.41, 5.74) is -0.0244. The van der Waals surface area contributed by atoms with Crippen molar-refractivity contribution in [2.75, 3.05) is 6.54 Å². The van der Waals surface area contributed by atoms with Gasteiger partial charge in [-0.1, -0.05) is 53.5 Å². The molecule has 1 saturated heterocycles. The van der Waals surface area contributed by atoms with Gasteiger partial charge in [0, 0.05) is 22.2 Å². The number of carbonyl (C=O) groups excluding carboxylic acids is 3. The summed E-state index contributed by atoms with van der Waals surface area (Å²) in [6.07, 6.45) is 0. The molecule has 2 aromatic carbocycles. The van der Waals surface area contributed by atoms with Crippen LogP contribution in [-0.4, -0.2) is 29.3 Å². The number of carbonyl (C=O) groups is 3. The van der Waals surface area contributed by atoms with Gasteiger partial charge in [0.05, 0.1) is 0 Å². The van der Waals surface area contributed by atoms with Crippen molar-refractivity contribution in [1.82, 2.24) is 15.5 Å².